The molecule has 0 atom stereocenters. The predicted molar refractivity (Wildman–Crippen MR) is 102 cm³/mol. The van der Waals surface area contributed by atoms with Gasteiger partial charge >= 0.3 is 0 Å². The summed E-state index contributed by atoms with van der Waals surface area (Å²) in [5, 5.41) is 3.37. The van der Waals surface area contributed by atoms with Gasteiger partial charge in [0.2, 0.25) is 0 Å². The quantitative estimate of drug-likeness (QED) is 0.588. The molecule has 0 aliphatic rings. The number of rotatable bonds is 8. The van der Waals surface area contributed by atoms with E-state index in [1.54, 1.807) is 18.2 Å². The monoisotopic (exact) mass is 351 g/mol. The summed E-state index contributed by atoms with van der Waals surface area (Å²) in [6.07, 6.45) is 0. The molecule has 0 aliphatic heterocycles. The lowest BCUT2D eigenvalue weighted by Gasteiger charge is -2.14. The van der Waals surface area contributed by atoms with E-state index in [1.165, 1.54) is 6.07 Å². The second-order valence-corrected chi connectivity index (χ2v) is 5.81. The van der Waals surface area contributed by atoms with Crippen molar-refractivity contribution in [2.24, 2.45) is 0 Å². The average Bonchev–Trinajstić information content (AvgIpc) is 2.68. The molecule has 1 N–H and O–H groups in total. The van der Waals surface area contributed by atoms with Gasteiger partial charge in [0.25, 0.3) is 0 Å². The zero-order valence-corrected chi connectivity index (χ0v) is 14.7. The number of anilines is 1. The van der Waals surface area contributed by atoms with Crippen LogP contribution in [0.4, 0.5) is 10.1 Å². The highest BCUT2D eigenvalue weighted by atomic mass is 19.1. The SMILES string of the molecule is CCOc1cc(CNc2ccccc2)ccc1OCc1ccccc1F. The third-order valence-corrected chi connectivity index (χ3v) is 3.92. The van der Waals surface area contributed by atoms with Crippen LogP contribution in [-0.4, -0.2) is 6.61 Å². The summed E-state index contributed by atoms with van der Waals surface area (Å²) in [4.78, 5) is 0. The van der Waals surface area contributed by atoms with Crippen molar-refractivity contribution in [1.82, 2.24) is 0 Å². The van der Waals surface area contributed by atoms with Crippen LogP contribution in [0.15, 0.2) is 72.8 Å². The van der Waals surface area contributed by atoms with Crippen molar-refractivity contribution >= 4 is 5.69 Å². The normalized spacial score (nSPS) is 10.4. The fourth-order valence-corrected chi connectivity index (χ4v) is 2.58. The molecule has 0 unspecified atom stereocenters. The zero-order valence-electron chi connectivity index (χ0n) is 14.7. The number of para-hydroxylation sites is 1. The van der Waals surface area contributed by atoms with Gasteiger partial charge in [0.05, 0.1) is 6.61 Å². The van der Waals surface area contributed by atoms with E-state index in [4.69, 9.17) is 9.47 Å². The molecule has 0 amide bonds. The predicted octanol–water partition coefficient (Wildman–Crippen LogP) is 5.42. The highest BCUT2D eigenvalue weighted by Crippen LogP contribution is 2.30. The molecule has 3 aromatic carbocycles. The highest BCUT2D eigenvalue weighted by Gasteiger charge is 2.09. The van der Waals surface area contributed by atoms with E-state index < -0.39 is 0 Å². The molecular formula is C22H22FNO2. The highest BCUT2D eigenvalue weighted by molar-refractivity contribution is 5.46. The summed E-state index contributed by atoms with van der Waals surface area (Å²) < 4.78 is 25.2. The molecule has 0 heterocycles. The number of hydrogen-bond acceptors (Lipinski definition) is 3. The Kier molecular flexibility index (Phi) is 6.09. The van der Waals surface area contributed by atoms with Gasteiger partial charge in [0, 0.05) is 17.8 Å². The van der Waals surface area contributed by atoms with Crippen molar-refractivity contribution in [2.75, 3.05) is 11.9 Å². The van der Waals surface area contributed by atoms with Gasteiger partial charge in [-0.3, -0.25) is 0 Å². The fraction of sp³-hybridized carbons (Fsp3) is 0.182. The Balaban J connectivity index is 1.69. The molecule has 0 bridgehead atoms. The Morgan fingerprint density at radius 2 is 1.62 bits per heavy atom. The summed E-state index contributed by atoms with van der Waals surface area (Å²) in [5.74, 6) is 1.00. The summed E-state index contributed by atoms with van der Waals surface area (Å²) >= 11 is 0. The summed E-state index contributed by atoms with van der Waals surface area (Å²) in [6, 6.07) is 22.4. The largest absolute Gasteiger partial charge is 0.490 e. The maximum Gasteiger partial charge on any atom is 0.161 e. The molecule has 0 fully saturated rings. The topological polar surface area (TPSA) is 30.5 Å². The van der Waals surface area contributed by atoms with Gasteiger partial charge in [-0.05, 0) is 42.8 Å². The van der Waals surface area contributed by atoms with E-state index in [9.17, 15) is 4.39 Å². The lowest BCUT2D eigenvalue weighted by molar-refractivity contribution is 0.265. The van der Waals surface area contributed by atoms with Crippen LogP contribution in [0.2, 0.25) is 0 Å². The third-order valence-electron chi connectivity index (χ3n) is 3.92. The first kappa shape index (κ1) is 17.8. The van der Waals surface area contributed by atoms with Crippen molar-refractivity contribution < 1.29 is 13.9 Å². The Labute approximate surface area is 153 Å². The lowest BCUT2D eigenvalue weighted by Crippen LogP contribution is -2.03. The van der Waals surface area contributed by atoms with Gasteiger partial charge in [-0.1, -0.05) is 42.5 Å². The standard InChI is InChI=1S/C22H22FNO2/c1-2-25-22-14-17(15-24-19-9-4-3-5-10-19)12-13-21(22)26-16-18-8-6-7-11-20(18)23/h3-14,24H,2,15-16H2,1H3. The van der Waals surface area contributed by atoms with Gasteiger partial charge in [0.15, 0.2) is 11.5 Å². The minimum absolute atomic E-state index is 0.161. The Hall–Kier alpha value is -3.01. The van der Waals surface area contributed by atoms with Crippen molar-refractivity contribution in [3.05, 3.63) is 89.7 Å². The number of ether oxygens (including phenoxy) is 2. The van der Waals surface area contributed by atoms with Gasteiger partial charge in [0.1, 0.15) is 12.4 Å². The molecule has 3 aromatic rings. The third kappa shape index (κ3) is 4.76. The number of nitrogens with one attached hydrogen (secondary N) is 1. The molecule has 26 heavy (non-hydrogen) atoms. The average molecular weight is 351 g/mol. The first-order valence-corrected chi connectivity index (χ1v) is 8.67. The Bertz CT molecular complexity index is 837. The van der Waals surface area contributed by atoms with Gasteiger partial charge in [-0.25, -0.2) is 4.39 Å². The van der Waals surface area contributed by atoms with Crippen molar-refractivity contribution in [3.63, 3.8) is 0 Å². The fourth-order valence-electron chi connectivity index (χ4n) is 2.58. The molecule has 0 radical (unpaired) electrons. The zero-order chi connectivity index (χ0) is 18.2. The van der Waals surface area contributed by atoms with Crippen molar-refractivity contribution in [1.29, 1.82) is 0 Å². The number of hydrogen-bond donors (Lipinski definition) is 1. The van der Waals surface area contributed by atoms with Gasteiger partial charge in [-0.15, -0.1) is 0 Å². The van der Waals surface area contributed by atoms with Crippen LogP contribution in [-0.2, 0) is 13.2 Å². The molecule has 3 nitrogen and oxygen atoms in total. The molecule has 0 aliphatic carbocycles. The summed E-state index contributed by atoms with van der Waals surface area (Å²) in [5.41, 5.74) is 2.66. The first-order valence-electron chi connectivity index (χ1n) is 8.67. The smallest absolute Gasteiger partial charge is 0.161 e. The molecule has 3 rings (SSSR count). The van der Waals surface area contributed by atoms with Crippen LogP contribution < -0.4 is 14.8 Å². The Morgan fingerprint density at radius 3 is 2.38 bits per heavy atom. The Morgan fingerprint density at radius 1 is 0.846 bits per heavy atom. The van der Waals surface area contributed by atoms with Crippen LogP contribution in [0.5, 0.6) is 11.5 Å². The van der Waals surface area contributed by atoms with E-state index in [2.05, 4.69) is 5.32 Å². The van der Waals surface area contributed by atoms with Gasteiger partial charge in [-0.2, -0.15) is 0 Å². The molecule has 0 saturated carbocycles. The van der Waals surface area contributed by atoms with Crippen LogP contribution in [0, 0.1) is 5.82 Å². The van der Waals surface area contributed by atoms with Crippen LogP contribution in [0.25, 0.3) is 0 Å². The second kappa shape index (κ2) is 8.90. The molecule has 134 valence electrons. The van der Waals surface area contributed by atoms with Crippen molar-refractivity contribution in [2.45, 2.75) is 20.1 Å². The van der Waals surface area contributed by atoms with E-state index in [1.807, 2.05) is 55.5 Å². The molecule has 4 heteroatoms. The van der Waals surface area contributed by atoms with E-state index in [0.29, 0.717) is 30.2 Å². The summed E-state index contributed by atoms with van der Waals surface area (Å²) in [6.45, 7) is 3.30. The summed E-state index contributed by atoms with van der Waals surface area (Å²) in [7, 11) is 0. The van der Waals surface area contributed by atoms with E-state index in [0.717, 1.165) is 11.3 Å². The molecule has 0 saturated heterocycles. The number of benzene rings is 3. The van der Waals surface area contributed by atoms with Crippen LogP contribution >= 0.6 is 0 Å². The molecular weight excluding hydrogens is 329 g/mol. The van der Waals surface area contributed by atoms with Gasteiger partial charge < -0.3 is 14.8 Å². The van der Waals surface area contributed by atoms with E-state index in [-0.39, 0.29) is 12.4 Å². The second-order valence-electron chi connectivity index (χ2n) is 5.81. The maximum absolute atomic E-state index is 13.7. The molecule has 0 spiro atoms. The molecule has 0 aromatic heterocycles. The van der Waals surface area contributed by atoms with Crippen molar-refractivity contribution in [3.8, 4) is 11.5 Å². The minimum atomic E-state index is -0.269. The van der Waals surface area contributed by atoms with E-state index >= 15 is 0 Å². The lowest BCUT2D eigenvalue weighted by atomic mass is 10.2. The number of halogens is 1. The minimum Gasteiger partial charge on any atom is -0.490 e. The van der Waals surface area contributed by atoms with Crippen LogP contribution in [0.1, 0.15) is 18.1 Å². The first-order chi connectivity index (χ1) is 12.8. The van der Waals surface area contributed by atoms with Crippen LogP contribution in [0.3, 0.4) is 0 Å². The maximum atomic E-state index is 13.7.